The molecule has 0 saturated carbocycles. The van der Waals surface area contributed by atoms with Crippen LogP contribution in [0, 0.1) is 0 Å². The fourth-order valence-electron chi connectivity index (χ4n) is 4.86. The second-order valence-electron chi connectivity index (χ2n) is 8.16. The number of benzene rings is 3. The van der Waals surface area contributed by atoms with Crippen LogP contribution in [-0.4, -0.2) is 34.2 Å². The second-order valence-corrected chi connectivity index (χ2v) is 8.16. The second kappa shape index (κ2) is 8.95. The molecule has 0 spiro atoms. The average Bonchev–Trinajstić information content (AvgIpc) is 3.37. The highest BCUT2D eigenvalue weighted by Gasteiger charge is 2.44. The van der Waals surface area contributed by atoms with Gasteiger partial charge in [0.2, 0.25) is 0 Å². The molecule has 3 aromatic carbocycles. The van der Waals surface area contributed by atoms with Gasteiger partial charge in [0, 0.05) is 13.1 Å². The number of aliphatic hydroxyl groups is 1. The largest absolute Gasteiger partial charge is 0.444 e. The SMILES string of the molecule is OC1CCN(C(c2ccccc2)(c2ccccc2)c2ccccc2)C/C1=C/c1cnco1. The maximum atomic E-state index is 10.8. The van der Waals surface area contributed by atoms with E-state index in [0.717, 1.165) is 12.1 Å². The van der Waals surface area contributed by atoms with E-state index in [1.807, 2.05) is 6.08 Å². The van der Waals surface area contributed by atoms with Crippen LogP contribution in [0.15, 0.2) is 114 Å². The molecule has 5 rings (SSSR count). The Kier molecular flexibility index (Phi) is 5.71. The van der Waals surface area contributed by atoms with Crippen LogP contribution in [0.4, 0.5) is 0 Å². The fourth-order valence-corrected chi connectivity index (χ4v) is 4.86. The third-order valence-electron chi connectivity index (χ3n) is 6.30. The topological polar surface area (TPSA) is 49.5 Å². The molecule has 1 atom stereocenters. The summed E-state index contributed by atoms with van der Waals surface area (Å²) in [6, 6.07) is 31.9. The lowest BCUT2D eigenvalue weighted by atomic mass is 9.74. The Hall–Kier alpha value is -3.47. The zero-order valence-corrected chi connectivity index (χ0v) is 17.8. The third-order valence-corrected chi connectivity index (χ3v) is 6.30. The molecule has 1 aliphatic heterocycles. The van der Waals surface area contributed by atoms with Crippen molar-refractivity contribution >= 4 is 6.08 Å². The summed E-state index contributed by atoms with van der Waals surface area (Å²) < 4.78 is 5.44. The Morgan fingerprint density at radius 3 is 1.84 bits per heavy atom. The van der Waals surface area contributed by atoms with Gasteiger partial charge in [0.15, 0.2) is 6.39 Å². The van der Waals surface area contributed by atoms with Crippen LogP contribution in [0.3, 0.4) is 0 Å². The molecule has 160 valence electrons. The van der Waals surface area contributed by atoms with Gasteiger partial charge in [0.1, 0.15) is 5.76 Å². The average molecular weight is 423 g/mol. The predicted molar refractivity (Wildman–Crippen MR) is 126 cm³/mol. The molecule has 4 aromatic rings. The number of hydrogen-bond donors (Lipinski definition) is 1. The summed E-state index contributed by atoms with van der Waals surface area (Å²) in [4.78, 5) is 6.49. The number of piperidine rings is 1. The summed E-state index contributed by atoms with van der Waals surface area (Å²) in [5.74, 6) is 0.658. The van der Waals surface area contributed by atoms with Gasteiger partial charge in [-0.1, -0.05) is 91.0 Å². The molecule has 1 saturated heterocycles. The van der Waals surface area contributed by atoms with Gasteiger partial charge in [-0.05, 0) is 34.8 Å². The molecule has 32 heavy (non-hydrogen) atoms. The minimum absolute atomic E-state index is 0.496. The smallest absolute Gasteiger partial charge is 0.181 e. The lowest BCUT2D eigenvalue weighted by Gasteiger charge is -2.48. The first kappa shape index (κ1) is 20.4. The van der Waals surface area contributed by atoms with E-state index in [1.165, 1.54) is 23.1 Å². The van der Waals surface area contributed by atoms with E-state index >= 15 is 0 Å². The summed E-state index contributed by atoms with van der Waals surface area (Å²) in [6.45, 7) is 1.37. The summed E-state index contributed by atoms with van der Waals surface area (Å²) in [6.07, 6.45) is 5.17. The fraction of sp³-hybridized carbons (Fsp3) is 0.179. The summed E-state index contributed by atoms with van der Waals surface area (Å²) >= 11 is 0. The van der Waals surface area contributed by atoms with Gasteiger partial charge in [-0.2, -0.15) is 0 Å². The molecule has 0 aliphatic carbocycles. The number of aromatic nitrogens is 1. The van der Waals surface area contributed by atoms with Crippen LogP contribution >= 0.6 is 0 Å². The molecule has 1 unspecified atom stereocenters. The lowest BCUT2D eigenvalue weighted by Crippen LogP contribution is -2.52. The standard InChI is InChI=1S/C28H26N2O2/c31-27-16-17-30(20-22(27)18-26-19-29-21-32-26)28(23-10-4-1-5-11-23,24-12-6-2-7-13-24)25-14-8-3-9-15-25/h1-15,18-19,21,27,31H,16-17,20H2/b22-18-. The maximum Gasteiger partial charge on any atom is 0.181 e. The Labute approximate surface area is 188 Å². The number of likely N-dealkylation sites (tertiary alicyclic amines) is 1. The molecule has 4 heteroatoms. The van der Waals surface area contributed by atoms with Crippen molar-refractivity contribution in [1.29, 1.82) is 0 Å². The minimum atomic E-state index is -0.503. The van der Waals surface area contributed by atoms with E-state index in [1.54, 1.807) is 6.20 Å². The van der Waals surface area contributed by atoms with E-state index < -0.39 is 11.6 Å². The first-order valence-electron chi connectivity index (χ1n) is 11.0. The molecule has 4 nitrogen and oxygen atoms in total. The highest BCUT2D eigenvalue weighted by Crippen LogP contribution is 2.44. The van der Waals surface area contributed by atoms with Gasteiger partial charge in [-0.15, -0.1) is 0 Å². The normalized spacial score (nSPS) is 18.7. The number of nitrogens with zero attached hydrogens (tertiary/aromatic N) is 2. The lowest BCUT2D eigenvalue weighted by molar-refractivity contribution is 0.0871. The predicted octanol–water partition coefficient (Wildman–Crippen LogP) is 5.12. The number of rotatable bonds is 5. The summed E-state index contributed by atoms with van der Waals surface area (Å²) in [7, 11) is 0. The monoisotopic (exact) mass is 422 g/mol. The molecule has 1 fully saturated rings. The number of hydrogen-bond acceptors (Lipinski definition) is 4. The zero-order valence-electron chi connectivity index (χ0n) is 17.8. The molecule has 2 heterocycles. The van der Waals surface area contributed by atoms with E-state index in [-0.39, 0.29) is 0 Å². The third kappa shape index (κ3) is 3.68. The molecular weight excluding hydrogens is 396 g/mol. The molecule has 1 N–H and O–H groups in total. The van der Waals surface area contributed by atoms with Crippen LogP contribution < -0.4 is 0 Å². The Bertz CT molecular complexity index is 1060. The van der Waals surface area contributed by atoms with Crippen LogP contribution in [0.1, 0.15) is 28.9 Å². The van der Waals surface area contributed by atoms with Gasteiger partial charge < -0.3 is 9.52 Å². The minimum Gasteiger partial charge on any atom is -0.444 e. The van der Waals surface area contributed by atoms with Crippen molar-refractivity contribution in [3.63, 3.8) is 0 Å². The first-order valence-corrected chi connectivity index (χ1v) is 11.0. The van der Waals surface area contributed by atoms with Gasteiger partial charge in [-0.25, -0.2) is 4.98 Å². The first-order chi connectivity index (χ1) is 15.8. The van der Waals surface area contributed by atoms with Crippen molar-refractivity contribution in [2.24, 2.45) is 0 Å². The van der Waals surface area contributed by atoms with Crippen molar-refractivity contribution in [2.75, 3.05) is 13.1 Å². The highest BCUT2D eigenvalue weighted by molar-refractivity contribution is 5.53. The van der Waals surface area contributed by atoms with Crippen LogP contribution in [-0.2, 0) is 5.54 Å². The van der Waals surface area contributed by atoms with Crippen molar-refractivity contribution in [2.45, 2.75) is 18.1 Å². The molecule has 1 aliphatic rings. The number of aliphatic hydroxyl groups excluding tert-OH is 1. The van der Waals surface area contributed by atoms with Gasteiger partial charge in [0.25, 0.3) is 0 Å². The van der Waals surface area contributed by atoms with Crippen LogP contribution in [0.5, 0.6) is 0 Å². The quantitative estimate of drug-likeness (QED) is 0.454. The van der Waals surface area contributed by atoms with E-state index in [2.05, 4.69) is 101 Å². The van der Waals surface area contributed by atoms with Gasteiger partial charge in [-0.3, -0.25) is 4.90 Å². The van der Waals surface area contributed by atoms with Crippen molar-refractivity contribution in [3.05, 3.63) is 132 Å². The molecule has 0 bridgehead atoms. The van der Waals surface area contributed by atoms with E-state index in [9.17, 15) is 5.11 Å². The van der Waals surface area contributed by atoms with Gasteiger partial charge in [0.05, 0.1) is 17.8 Å². The van der Waals surface area contributed by atoms with E-state index in [0.29, 0.717) is 18.7 Å². The molecule has 1 aromatic heterocycles. The molecule has 0 amide bonds. The Morgan fingerprint density at radius 1 is 0.844 bits per heavy atom. The maximum absolute atomic E-state index is 10.8. The van der Waals surface area contributed by atoms with Crippen LogP contribution in [0.2, 0.25) is 0 Å². The Morgan fingerprint density at radius 2 is 1.38 bits per heavy atom. The summed E-state index contributed by atoms with van der Waals surface area (Å²) in [5, 5.41) is 10.8. The van der Waals surface area contributed by atoms with Gasteiger partial charge >= 0.3 is 0 Å². The zero-order chi connectivity index (χ0) is 21.8. The van der Waals surface area contributed by atoms with Crippen molar-refractivity contribution in [1.82, 2.24) is 9.88 Å². The number of oxazole rings is 1. The van der Waals surface area contributed by atoms with Crippen LogP contribution in [0.25, 0.3) is 6.08 Å². The summed E-state index contributed by atoms with van der Waals surface area (Å²) in [5.41, 5.74) is 4.04. The Balaban J connectivity index is 1.71. The highest BCUT2D eigenvalue weighted by atomic mass is 16.3. The van der Waals surface area contributed by atoms with E-state index in [4.69, 9.17) is 4.42 Å². The van der Waals surface area contributed by atoms with Crippen molar-refractivity contribution < 1.29 is 9.52 Å². The van der Waals surface area contributed by atoms with Crippen molar-refractivity contribution in [3.8, 4) is 0 Å². The molecular formula is C28H26N2O2. The molecule has 0 radical (unpaired) electrons.